The zero-order valence-electron chi connectivity index (χ0n) is 18.2. The van der Waals surface area contributed by atoms with Crippen LogP contribution < -0.4 is 10.6 Å². The monoisotopic (exact) mass is 423 g/mol. The van der Waals surface area contributed by atoms with Crippen molar-refractivity contribution in [2.24, 2.45) is 16.8 Å². The van der Waals surface area contributed by atoms with E-state index in [9.17, 15) is 5.11 Å². The average Bonchev–Trinajstić information content (AvgIpc) is 2.70. The van der Waals surface area contributed by atoms with E-state index in [0.717, 1.165) is 63.0 Å². The van der Waals surface area contributed by atoms with E-state index in [1.807, 2.05) is 12.1 Å². The van der Waals surface area contributed by atoms with Gasteiger partial charge in [-0.3, -0.25) is 4.99 Å². The molecule has 1 aliphatic heterocycles. The smallest absolute Gasteiger partial charge is 0.191 e. The highest BCUT2D eigenvalue weighted by Gasteiger charge is 2.34. The van der Waals surface area contributed by atoms with E-state index in [1.54, 1.807) is 0 Å². The molecule has 0 aliphatic carbocycles. The van der Waals surface area contributed by atoms with Crippen molar-refractivity contribution in [2.45, 2.75) is 51.9 Å². The lowest BCUT2D eigenvalue weighted by atomic mass is 9.74. The summed E-state index contributed by atoms with van der Waals surface area (Å²) in [6.45, 7) is 10.6. The first-order chi connectivity index (χ1) is 14.0. The van der Waals surface area contributed by atoms with Crippen LogP contribution in [0.3, 0.4) is 0 Å². The van der Waals surface area contributed by atoms with Crippen LogP contribution in [0.25, 0.3) is 0 Å². The van der Waals surface area contributed by atoms with Crippen molar-refractivity contribution in [3.05, 3.63) is 34.9 Å². The molecule has 2 rings (SSSR count). The number of nitrogens with zero attached hydrogens (tertiary/aromatic N) is 1. The lowest BCUT2D eigenvalue weighted by molar-refractivity contribution is 0.0531. The molecule has 3 N–H and O–H groups in total. The van der Waals surface area contributed by atoms with E-state index in [2.05, 4.69) is 43.5 Å². The van der Waals surface area contributed by atoms with Gasteiger partial charge in [0.25, 0.3) is 0 Å². The van der Waals surface area contributed by atoms with Crippen LogP contribution in [0.4, 0.5) is 0 Å². The maximum atomic E-state index is 9.38. The number of aliphatic hydroxyl groups is 1. The van der Waals surface area contributed by atoms with E-state index in [4.69, 9.17) is 21.3 Å². The normalized spacial score (nSPS) is 17.9. The van der Waals surface area contributed by atoms with E-state index >= 15 is 0 Å². The fourth-order valence-corrected chi connectivity index (χ4v) is 4.27. The molecule has 1 heterocycles. The third-order valence-corrected chi connectivity index (χ3v) is 5.91. The minimum absolute atomic E-state index is 0.0477. The van der Waals surface area contributed by atoms with Gasteiger partial charge in [-0.25, -0.2) is 0 Å². The van der Waals surface area contributed by atoms with Crippen LogP contribution in [-0.4, -0.2) is 50.5 Å². The Morgan fingerprint density at radius 2 is 2.03 bits per heavy atom. The lowest BCUT2D eigenvalue weighted by Crippen LogP contribution is -2.42. The number of aliphatic imine (C=N–C) groups is 1. The second kappa shape index (κ2) is 12.4. The number of nitrogens with one attached hydrogen (secondary N) is 2. The Morgan fingerprint density at radius 3 is 2.66 bits per heavy atom. The van der Waals surface area contributed by atoms with E-state index in [0.29, 0.717) is 18.4 Å². The first-order valence-corrected chi connectivity index (χ1v) is 11.3. The molecule has 1 unspecified atom stereocenters. The molecule has 0 radical (unpaired) electrons. The third kappa shape index (κ3) is 7.80. The van der Waals surface area contributed by atoms with Crippen LogP contribution in [-0.2, 0) is 10.2 Å². The summed E-state index contributed by atoms with van der Waals surface area (Å²) in [4.78, 5) is 4.96. The van der Waals surface area contributed by atoms with Gasteiger partial charge in [0, 0.05) is 43.3 Å². The number of aliphatic hydroxyl groups excluding tert-OH is 1. The highest BCUT2D eigenvalue weighted by atomic mass is 35.5. The number of halogens is 1. The molecule has 29 heavy (non-hydrogen) atoms. The van der Waals surface area contributed by atoms with Crippen molar-refractivity contribution in [1.82, 2.24) is 10.6 Å². The molecule has 0 saturated carbocycles. The second-order valence-electron chi connectivity index (χ2n) is 8.49. The minimum atomic E-state index is -0.0477. The average molecular weight is 424 g/mol. The van der Waals surface area contributed by atoms with Crippen LogP contribution in [0.15, 0.2) is 29.3 Å². The first kappa shape index (κ1) is 24.0. The number of benzene rings is 1. The fraction of sp³-hybridized carbons (Fsp3) is 0.696. The maximum absolute atomic E-state index is 9.38. The Balaban J connectivity index is 2.12. The molecule has 1 saturated heterocycles. The Kier molecular flexibility index (Phi) is 10.3. The van der Waals surface area contributed by atoms with Gasteiger partial charge in [0.2, 0.25) is 0 Å². The van der Waals surface area contributed by atoms with E-state index in [-0.39, 0.29) is 12.0 Å². The van der Waals surface area contributed by atoms with E-state index < -0.39 is 0 Å². The topological polar surface area (TPSA) is 65.9 Å². The van der Waals surface area contributed by atoms with Crippen molar-refractivity contribution in [3.63, 3.8) is 0 Å². The fourth-order valence-electron chi connectivity index (χ4n) is 4.08. The number of guanidine groups is 1. The molecule has 1 aromatic rings. The van der Waals surface area contributed by atoms with Gasteiger partial charge < -0.3 is 20.5 Å². The predicted octanol–water partition coefficient (Wildman–Crippen LogP) is 3.99. The highest BCUT2D eigenvalue weighted by molar-refractivity contribution is 6.30. The molecule has 5 nitrogen and oxygen atoms in total. The van der Waals surface area contributed by atoms with Crippen LogP contribution in [0.5, 0.6) is 0 Å². The maximum Gasteiger partial charge on any atom is 0.191 e. The van der Waals surface area contributed by atoms with Gasteiger partial charge in [-0.2, -0.15) is 0 Å². The highest BCUT2D eigenvalue weighted by Crippen LogP contribution is 2.36. The molecule has 1 fully saturated rings. The second-order valence-corrected chi connectivity index (χ2v) is 8.92. The SMILES string of the molecule is CCNC(=NCC1(c2cccc(Cl)c2)CCOCC1)NCC(CCO)CC(C)C. The van der Waals surface area contributed by atoms with Crippen LogP contribution in [0.2, 0.25) is 5.02 Å². The van der Waals surface area contributed by atoms with Gasteiger partial charge in [-0.1, -0.05) is 37.6 Å². The molecule has 1 aromatic carbocycles. The van der Waals surface area contributed by atoms with Crippen molar-refractivity contribution < 1.29 is 9.84 Å². The Labute approximate surface area is 181 Å². The van der Waals surface area contributed by atoms with E-state index in [1.165, 1.54) is 5.56 Å². The summed E-state index contributed by atoms with van der Waals surface area (Å²) in [6.07, 6.45) is 3.79. The van der Waals surface area contributed by atoms with Crippen molar-refractivity contribution in [3.8, 4) is 0 Å². The molecule has 1 aliphatic rings. The molecule has 6 heteroatoms. The van der Waals surface area contributed by atoms with Crippen LogP contribution >= 0.6 is 11.6 Å². The Hall–Kier alpha value is -1.30. The van der Waals surface area contributed by atoms with Gasteiger partial charge in [-0.05, 0) is 62.1 Å². The van der Waals surface area contributed by atoms with Crippen molar-refractivity contribution in [2.75, 3.05) is 39.5 Å². The zero-order valence-corrected chi connectivity index (χ0v) is 19.0. The van der Waals surface area contributed by atoms with Crippen LogP contribution in [0, 0.1) is 11.8 Å². The van der Waals surface area contributed by atoms with Gasteiger partial charge in [-0.15, -0.1) is 0 Å². The Bertz CT molecular complexity index is 630. The molecular formula is C23H38ClN3O2. The minimum Gasteiger partial charge on any atom is -0.396 e. The number of hydrogen-bond donors (Lipinski definition) is 3. The zero-order chi connectivity index (χ0) is 21.1. The first-order valence-electron chi connectivity index (χ1n) is 11.0. The van der Waals surface area contributed by atoms with Gasteiger partial charge >= 0.3 is 0 Å². The van der Waals surface area contributed by atoms with Crippen molar-refractivity contribution in [1.29, 1.82) is 0 Å². The van der Waals surface area contributed by atoms with Gasteiger partial charge in [0.05, 0.1) is 6.54 Å². The molecule has 0 spiro atoms. The Morgan fingerprint density at radius 1 is 1.28 bits per heavy atom. The number of hydrogen-bond acceptors (Lipinski definition) is 3. The summed E-state index contributed by atoms with van der Waals surface area (Å²) in [5, 5.41) is 17.0. The number of rotatable bonds is 10. The predicted molar refractivity (Wildman–Crippen MR) is 122 cm³/mol. The standard InChI is InChI=1S/C23H38ClN3O2/c1-4-25-22(26-16-19(8-11-28)14-18(2)3)27-17-23(9-12-29-13-10-23)20-6-5-7-21(24)15-20/h5-7,15,18-19,28H,4,8-14,16-17H2,1-3H3,(H2,25,26,27). The van der Waals surface area contributed by atoms with Gasteiger partial charge in [0.1, 0.15) is 0 Å². The molecule has 0 amide bonds. The molecule has 0 bridgehead atoms. The third-order valence-electron chi connectivity index (χ3n) is 5.67. The molecule has 164 valence electrons. The van der Waals surface area contributed by atoms with Gasteiger partial charge in [0.15, 0.2) is 5.96 Å². The molecule has 0 aromatic heterocycles. The summed E-state index contributed by atoms with van der Waals surface area (Å²) in [5.41, 5.74) is 1.19. The summed E-state index contributed by atoms with van der Waals surface area (Å²) < 4.78 is 5.64. The largest absolute Gasteiger partial charge is 0.396 e. The summed E-state index contributed by atoms with van der Waals surface area (Å²) >= 11 is 6.28. The number of ether oxygens (including phenoxy) is 1. The summed E-state index contributed by atoms with van der Waals surface area (Å²) in [5.74, 6) is 1.89. The summed E-state index contributed by atoms with van der Waals surface area (Å²) in [7, 11) is 0. The van der Waals surface area contributed by atoms with Crippen molar-refractivity contribution >= 4 is 17.6 Å². The van der Waals surface area contributed by atoms with Crippen LogP contribution in [0.1, 0.15) is 52.0 Å². The molecule has 1 atom stereocenters. The molecular weight excluding hydrogens is 386 g/mol. The summed E-state index contributed by atoms with van der Waals surface area (Å²) in [6, 6.07) is 8.17. The quantitative estimate of drug-likeness (QED) is 0.393. The lowest BCUT2D eigenvalue weighted by Gasteiger charge is -2.37.